The second-order valence-corrected chi connectivity index (χ2v) is 12.5. The number of thiazole rings is 1. The number of aromatic nitrogens is 3. The zero-order chi connectivity index (χ0) is 26.5. The Morgan fingerprint density at radius 1 is 1.21 bits per heavy atom. The van der Waals surface area contributed by atoms with Gasteiger partial charge in [-0.3, -0.25) is 14.4 Å². The van der Waals surface area contributed by atoms with Crippen LogP contribution in [0.3, 0.4) is 0 Å². The number of nitrogens with one attached hydrogen (secondary N) is 1. The number of benzene rings is 1. The van der Waals surface area contributed by atoms with Gasteiger partial charge in [-0.25, -0.2) is 4.98 Å². The number of fused-ring (bicyclic) bond motifs is 2. The Bertz CT molecular complexity index is 1320. The first-order valence-corrected chi connectivity index (χ1v) is 14.5. The number of carbonyl (C=O) groups excluding carboxylic acids is 1. The number of amides is 1. The van der Waals surface area contributed by atoms with Crippen molar-refractivity contribution < 1.29 is 18.0 Å². The molecule has 38 heavy (non-hydrogen) atoms. The van der Waals surface area contributed by atoms with E-state index in [1.165, 1.54) is 11.3 Å². The highest BCUT2D eigenvalue weighted by atomic mass is 32.1. The molecule has 6 rings (SSSR count). The maximum absolute atomic E-state index is 13.8. The normalized spacial score (nSPS) is 23.7. The number of carbonyl (C=O) groups is 1. The Morgan fingerprint density at radius 2 is 2.00 bits per heavy atom. The number of hydrogen-bond donors (Lipinski definition) is 1. The Kier molecular flexibility index (Phi) is 6.74. The van der Waals surface area contributed by atoms with Gasteiger partial charge in [0.05, 0.1) is 16.8 Å². The zero-order valence-corrected chi connectivity index (χ0v) is 22.5. The van der Waals surface area contributed by atoms with Crippen LogP contribution in [0, 0.1) is 5.92 Å². The van der Waals surface area contributed by atoms with E-state index in [1.54, 1.807) is 4.68 Å². The van der Waals surface area contributed by atoms with E-state index < -0.39 is 11.6 Å². The quantitative estimate of drug-likeness (QED) is 0.429. The molecule has 10 heteroatoms. The molecule has 0 bridgehead atoms. The number of hydrogen-bond acceptors (Lipinski definition) is 5. The van der Waals surface area contributed by atoms with Crippen molar-refractivity contribution in [3.05, 3.63) is 45.5 Å². The van der Waals surface area contributed by atoms with E-state index in [2.05, 4.69) is 20.3 Å². The molecule has 3 heterocycles. The summed E-state index contributed by atoms with van der Waals surface area (Å²) in [5, 5.41) is 8.80. The number of aryl methyl sites for hydroxylation is 1. The molecule has 3 aromatic rings. The Morgan fingerprint density at radius 3 is 2.71 bits per heavy atom. The molecule has 0 radical (unpaired) electrons. The Balaban J connectivity index is 0.986. The van der Waals surface area contributed by atoms with Crippen LogP contribution in [0.15, 0.2) is 24.4 Å². The lowest BCUT2D eigenvalue weighted by molar-refractivity contribution is -0.212. The summed E-state index contributed by atoms with van der Waals surface area (Å²) < 4.78 is 43.1. The Labute approximate surface area is 224 Å². The molecule has 0 atom stereocenters. The van der Waals surface area contributed by atoms with Gasteiger partial charge >= 0.3 is 6.18 Å². The lowest BCUT2D eigenvalue weighted by Crippen LogP contribution is -2.47. The highest BCUT2D eigenvalue weighted by Crippen LogP contribution is 2.55. The van der Waals surface area contributed by atoms with E-state index in [0.29, 0.717) is 29.5 Å². The lowest BCUT2D eigenvalue weighted by Gasteiger charge is -2.41. The highest BCUT2D eigenvalue weighted by Gasteiger charge is 2.61. The van der Waals surface area contributed by atoms with Crippen molar-refractivity contribution in [3.8, 4) is 0 Å². The lowest BCUT2D eigenvalue weighted by atomic mass is 9.68. The van der Waals surface area contributed by atoms with Gasteiger partial charge in [0, 0.05) is 42.6 Å². The van der Waals surface area contributed by atoms with Crippen LogP contribution in [-0.2, 0) is 25.4 Å². The first-order chi connectivity index (χ1) is 18.2. The fourth-order valence-corrected chi connectivity index (χ4v) is 7.71. The summed E-state index contributed by atoms with van der Waals surface area (Å²) in [6.07, 6.45) is 4.63. The van der Waals surface area contributed by atoms with Crippen LogP contribution in [0.25, 0.3) is 10.9 Å². The predicted octanol–water partition coefficient (Wildman–Crippen LogP) is 5.75. The topological polar surface area (TPSA) is 63.1 Å². The average Bonchev–Trinajstić information content (AvgIpc) is 3.43. The van der Waals surface area contributed by atoms with Gasteiger partial charge in [0.2, 0.25) is 0 Å². The molecule has 2 aliphatic carbocycles. The third-order valence-corrected chi connectivity index (χ3v) is 10.3. The van der Waals surface area contributed by atoms with Crippen molar-refractivity contribution in [2.45, 2.75) is 82.0 Å². The van der Waals surface area contributed by atoms with Gasteiger partial charge in [0.15, 0.2) is 0 Å². The molecule has 2 fully saturated rings. The number of alkyl halides is 3. The van der Waals surface area contributed by atoms with Gasteiger partial charge in [-0.15, -0.1) is 11.3 Å². The molecule has 204 valence electrons. The zero-order valence-electron chi connectivity index (χ0n) is 21.7. The summed E-state index contributed by atoms with van der Waals surface area (Å²) in [4.78, 5) is 20.9. The largest absolute Gasteiger partial charge is 0.400 e. The molecule has 1 aliphatic heterocycles. The van der Waals surface area contributed by atoms with Crippen LogP contribution >= 0.6 is 11.3 Å². The van der Waals surface area contributed by atoms with Gasteiger partial charge in [-0.2, -0.15) is 18.3 Å². The summed E-state index contributed by atoms with van der Waals surface area (Å²) in [6, 6.07) is 5.83. The second kappa shape index (κ2) is 9.93. The summed E-state index contributed by atoms with van der Waals surface area (Å²) >= 11 is 1.30. The molecule has 1 amide bonds. The van der Waals surface area contributed by atoms with Crippen molar-refractivity contribution >= 4 is 28.1 Å². The van der Waals surface area contributed by atoms with Crippen LogP contribution < -0.4 is 5.32 Å². The van der Waals surface area contributed by atoms with Gasteiger partial charge in [-0.1, -0.05) is 12.5 Å². The summed E-state index contributed by atoms with van der Waals surface area (Å²) in [7, 11) is 1.86. The van der Waals surface area contributed by atoms with Crippen molar-refractivity contribution in [2.75, 3.05) is 13.1 Å². The highest BCUT2D eigenvalue weighted by molar-refractivity contribution is 7.12. The molecule has 3 aliphatic rings. The Hall–Kier alpha value is -2.46. The van der Waals surface area contributed by atoms with Crippen molar-refractivity contribution in [3.63, 3.8) is 0 Å². The van der Waals surface area contributed by atoms with Crippen LogP contribution in [-0.4, -0.2) is 50.9 Å². The molecule has 1 aromatic carbocycles. The summed E-state index contributed by atoms with van der Waals surface area (Å²) in [5.41, 5.74) is 0.663. The molecule has 0 saturated heterocycles. The van der Waals surface area contributed by atoms with E-state index in [4.69, 9.17) is 0 Å². The van der Waals surface area contributed by atoms with Gasteiger partial charge in [0.25, 0.3) is 5.91 Å². The first kappa shape index (κ1) is 25.8. The number of nitrogens with zero attached hydrogens (tertiary/aromatic N) is 4. The van der Waals surface area contributed by atoms with E-state index >= 15 is 0 Å². The number of rotatable bonds is 6. The van der Waals surface area contributed by atoms with Crippen molar-refractivity contribution in [2.24, 2.45) is 13.0 Å². The first-order valence-electron chi connectivity index (χ1n) is 13.7. The van der Waals surface area contributed by atoms with Crippen molar-refractivity contribution in [1.29, 1.82) is 0 Å². The third-order valence-electron chi connectivity index (χ3n) is 8.91. The van der Waals surface area contributed by atoms with E-state index in [9.17, 15) is 18.0 Å². The van der Waals surface area contributed by atoms with Crippen LogP contribution in [0.5, 0.6) is 0 Å². The SMILES string of the molecule is Cn1cc2c(C(=O)N[C@H]3CC[C@H](CCN4CCc5sc(C6(C(F)(F)F)CCC6)nc5C4)CC3)cccc2n1. The monoisotopic (exact) mass is 545 g/mol. The maximum Gasteiger partial charge on any atom is 0.400 e. The average molecular weight is 546 g/mol. The van der Waals surface area contributed by atoms with Crippen LogP contribution in [0.1, 0.15) is 77.3 Å². The minimum absolute atomic E-state index is 0.0343. The van der Waals surface area contributed by atoms with Crippen LogP contribution in [0.4, 0.5) is 13.2 Å². The molecular weight excluding hydrogens is 511 g/mol. The molecule has 1 N–H and O–H groups in total. The van der Waals surface area contributed by atoms with Gasteiger partial charge in [0.1, 0.15) is 10.4 Å². The second-order valence-electron chi connectivity index (χ2n) is 11.4. The molecule has 2 saturated carbocycles. The van der Waals surface area contributed by atoms with E-state index in [1.807, 2.05) is 31.4 Å². The fourth-order valence-electron chi connectivity index (χ4n) is 6.38. The molecule has 6 nitrogen and oxygen atoms in total. The number of halogens is 3. The summed E-state index contributed by atoms with van der Waals surface area (Å²) in [6.45, 7) is 2.49. The standard InChI is InChI=1S/C28H34F3N5OS/c1-35-16-21-20(4-2-5-22(21)34-35)25(37)32-19-8-6-18(7-9-19)10-14-36-15-11-24-23(17-36)33-26(38-24)27(12-3-13-27)28(29,30)31/h2,4-5,16,18-19H,3,6-15,17H2,1H3,(H,32,37)/t18-,19-. The molecule has 0 unspecified atom stereocenters. The third kappa shape index (κ3) is 4.74. The fraction of sp³-hybridized carbons (Fsp3) is 0.607. The predicted molar refractivity (Wildman–Crippen MR) is 141 cm³/mol. The summed E-state index contributed by atoms with van der Waals surface area (Å²) in [5.74, 6) is 0.578. The minimum Gasteiger partial charge on any atom is -0.349 e. The molecular formula is C28H34F3N5OS. The smallest absolute Gasteiger partial charge is 0.349 e. The van der Waals surface area contributed by atoms with Crippen molar-refractivity contribution in [1.82, 2.24) is 25.0 Å². The maximum atomic E-state index is 13.8. The van der Waals surface area contributed by atoms with Gasteiger partial charge in [-0.05, 0) is 76.0 Å². The van der Waals surface area contributed by atoms with Crippen LogP contribution in [0.2, 0.25) is 0 Å². The molecule has 2 aromatic heterocycles. The van der Waals surface area contributed by atoms with E-state index in [-0.39, 0.29) is 24.8 Å². The molecule has 0 spiro atoms. The van der Waals surface area contributed by atoms with Gasteiger partial charge < -0.3 is 5.32 Å². The van der Waals surface area contributed by atoms with E-state index in [0.717, 1.165) is 73.1 Å². The minimum atomic E-state index is -4.21.